The van der Waals surface area contributed by atoms with Gasteiger partial charge in [-0.2, -0.15) is 18.6 Å². The van der Waals surface area contributed by atoms with Gasteiger partial charge in [0.25, 0.3) is 11.6 Å². The molecule has 0 aliphatic rings. The summed E-state index contributed by atoms with van der Waals surface area (Å²) in [6, 6.07) is 5.65. The molecule has 1 aromatic heterocycles. The number of ether oxygens (including phenoxy) is 1. The lowest BCUT2D eigenvalue weighted by Crippen LogP contribution is -2.28. The Kier molecular flexibility index (Phi) is 5.50. The Morgan fingerprint density at radius 3 is 2.80 bits per heavy atom. The average Bonchev–Trinajstić information content (AvgIpc) is 2.55. The predicted octanol–water partition coefficient (Wildman–Crippen LogP) is 1.59. The maximum atomic E-state index is 12.4. The Hall–Kier alpha value is -3.63. The molecule has 1 N–H and O–H groups in total. The summed E-state index contributed by atoms with van der Waals surface area (Å²) < 4.78 is 29.4. The molecular formula is C14H10F2N4O5. The SMILES string of the molecule is O=C(N/N=C/c1cc([N+](=O)[O-])ccc1OC(F)F)c1ccc[n+]([O-])c1. The number of non-ortho nitro benzene ring substituents is 1. The van der Waals surface area contributed by atoms with Crippen LogP contribution in [0, 0.1) is 15.3 Å². The molecule has 0 radical (unpaired) electrons. The molecule has 0 bridgehead atoms. The predicted molar refractivity (Wildman–Crippen MR) is 80.2 cm³/mol. The molecule has 0 unspecified atom stereocenters. The smallest absolute Gasteiger partial charge is 0.387 e. The zero-order chi connectivity index (χ0) is 18.4. The summed E-state index contributed by atoms with van der Waals surface area (Å²) in [5.41, 5.74) is 1.57. The summed E-state index contributed by atoms with van der Waals surface area (Å²) in [4.78, 5) is 21.8. The first-order valence-electron chi connectivity index (χ1n) is 6.62. The van der Waals surface area contributed by atoms with Gasteiger partial charge in [0.15, 0.2) is 12.4 Å². The number of nitro benzene ring substituents is 1. The van der Waals surface area contributed by atoms with Crippen LogP contribution < -0.4 is 14.9 Å². The van der Waals surface area contributed by atoms with E-state index >= 15 is 0 Å². The van der Waals surface area contributed by atoms with Crippen LogP contribution >= 0.6 is 0 Å². The second kappa shape index (κ2) is 7.77. The number of amides is 1. The number of nitrogens with zero attached hydrogens (tertiary/aromatic N) is 3. The Labute approximate surface area is 138 Å². The van der Waals surface area contributed by atoms with E-state index in [1.54, 1.807) is 0 Å². The van der Waals surface area contributed by atoms with Crippen LogP contribution in [0.2, 0.25) is 0 Å². The van der Waals surface area contributed by atoms with Gasteiger partial charge in [-0.15, -0.1) is 0 Å². The zero-order valence-corrected chi connectivity index (χ0v) is 12.3. The first-order chi connectivity index (χ1) is 11.9. The van der Waals surface area contributed by atoms with Crippen molar-refractivity contribution >= 4 is 17.8 Å². The van der Waals surface area contributed by atoms with Crippen LogP contribution in [0.5, 0.6) is 5.75 Å². The molecule has 11 heteroatoms. The van der Waals surface area contributed by atoms with E-state index in [1.807, 2.05) is 0 Å². The van der Waals surface area contributed by atoms with E-state index in [0.29, 0.717) is 4.73 Å². The van der Waals surface area contributed by atoms with Crippen LogP contribution in [0.25, 0.3) is 0 Å². The third-order valence-electron chi connectivity index (χ3n) is 2.83. The molecule has 1 aromatic carbocycles. The summed E-state index contributed by atoms with van der Waals surface area (Å²) in [5, 5.41) is 25.4. The van der Waals surface area contributed by atoms with Gasteiger partial charge in [0, 0.05) is 23.8 Å². The molecule has 0 saturated heterocycles. The van der Waals surface area contributed by atoms with Crippen molar-refractivity contribution in [2.75, 3.05) is 0 Å². The monoisotopic (exact) mass is 352 g/mol. The van der Waals surface area contributed by atoms with E-state index in [1.165, 1.54) is 18.3 Å². The minimum atomic E-state index is -3.14. The Balaban J connectivity index is 2.19. The molecule has 1 heterocycles. The fraction of sp³-hybridized carbons (Fsp3) is 0.0714. The molecule has 9 nitrogen and oxygen atoms in total. The Morgan fingerprint density at radius 1 is 1.40 bits per heavy atom. The largest absolute Gasteiger partial charge is 0.619 e. The molecule has 1 amide bonds. The first-order valence-corrected chi connectivity index (χ1v) is 6.62. The number of halogens is 2. The summed E-state index contributed by atoms with van der Waals surface area (Å²) in [6.07, 6.45) is 3.09. The number of benzene rings is 1. The highest BCUT2D eigenvalue weighted by Gasteiger charge is 2.14. The lowest BCUT2D eigenvalue weighted by molar-refractivity contribution is -0.605. The van der Waals surface area contributed by atoms with Crippen molar-refractivity contribution < 1.29 is 28.0 Å². The molecule has 130 valence electrons. The number of hydrogen-bond donors (Lipinski definition) is 1. The molecule has 0 aliphatic heterocycles. The standard InChI is InChI=1S/C14H10F2N4O5/c15-14(16)25-12-4-3-11(20(23)24)6-10(12)7-17-18-13(21)9-2-1-5-19(22)8-9/h1-8,14H,(H,18,21)/b17-7+. The third kappa shape index (κ3) is 4.92. The quantitative estimate of drug-likeness (QED) is 0.278. The lowest BCUT2D eigenvalue weighted by Gasteiger charge is -2.07. The number of rotatable bonds is 6. The van der Waals surface area contributed by atoms with Crippen LogP contribution in [0.3, 0.4) is 0 Å². The van der Waals surface area contributed by atoms with Crippen LogP contribution in [0.4, 0.5) is 14.5 Å². The number of carbonyl (C=O) groups excluding carboxylic acids is 1. The van der Waals surface area contributed by atoms with Gasteiger partial charge >= 0.3 is 6.61 Å². The van der Waals surface area contributed by atoms with Crippen LogP contribution in [0.15, 0.2) is 47.8 Å². The van der Waals surface area contributed by atoms with Gasteiger partial charge in [-0.3, -0.25) is 14.9 Å². The van der Waals surface area contributed by atoms with Gasteiger partial charge in [0.05, 0.1) is 11.1 Å². The van der Waals surface area contributed by atoms with Crippen molar-refractivity contribution in [3.8, 4) is 5.75 Å². The highest BCUT2D eigenvalue weighted by atomic mass is 19.3. The maximum absolute atomic E-state index is 12.4. The summed E-state index contributed by atoms with van der Waals surface area (Å²) in [7, 11) is 0. The third-order valence-corrected chi connectivity index (χ3v) is 2.83. The maximum Gasteiger partial charge on any atom is 0.387 e. The van der Waals surface area contributed by atoms with E-state index in [0.717, 1.165) is 30.6 Å². The number of hydrogen-bond acceptors (Lipinski definition) is 6. The minimum absolute atomic E-state index is 0.0118. The first kappa shape index (κ1) is 17.7. The van der Waals surface area contributed by atoms with E-state index < -0.39 is 17.4 Å². The van der Waals surface area contributed by atoms with Crippen molar-refractivity contribution in [2.45, 2.75) is 6.61 Å². The van der Waals surface area contributed by atoms with E-state index in [2.05, 4.69) is 15.3 Å². The minimum Gasteiger partial charge on any atom is -0.619 e. The van der Waals surface area contributed by atoms with Crippen LogP contribution in [0.1, 0.15) is 15.9 Å². The summed E-state index contributed by atoms with van der Waals surface area (Å²) >= 11 is 0. The number of aromatic nitrogens is 1. The number of nitrogens with one attached hydrogen (secondary N) is 1. The van der Waals surface area contributed by atoms with Crippen molar-refractivity contribution in [1.29, 1.82) is 0 Å². The van der Waals surface area contributed by atoms with Crippen molar-refractivity contribution in [3.05, 3.63) is 69.2 Å². The molecule has 0 spiro atoms. The van der Waals surface area contributed by atoms with Crippen LogP contribution in [-0.2, 0) is 0 Å². The fourth-order valence-corrected chi connectivity index (χ4v) is 1.77. The van der Waals surface area contributed by atoms with E-state index in [4.69, 9.17) is 0 Å². The lowest BCUT2D eigenvalue weighted by atomic mass is 10.2. The Bertz CT molecular complexity index is 829. The molecular weight excluding hydrogens is 342 g/mol. The van der Waals surface area contributed by atoms with Gasteiger partial charge < -0.3 is 9.94 Å². The molecule has 0 aliphatic carbocycles. The van der Waals surface area contributed by atoms with Gasteiger partial charge in [-0.05, 0) is 12.1 Å². The zero-order valence-electron chi connectivity index (χ0n) is 12.3. The van der Waals surface area contributed by atoms with Crippen molar-refractivity contribution in [2.24, 2.45) is 5.10 Å². The van der Waals surface area contributed by atoms with Gasteiger partial charge in [-0.1, -0.05) is 0 Å². The molecule has 2 rings (SSSR count). The van der Waals surface area contributed by atoms with Gasteiger partial charge in [0.2, 0.25) is 0 Å². The van der Waals surface area contributed by atoms with Crippen LogP contribution in [-0.4, -0.2) is 23.7 Å². The topological polar surface area (TPSA) is 121 Å². The fourth-order valence-electron chi connectivity index (χ4n) is 1.77. The van der Waals surface area contributed by atoms with Crippen molar-refractivity contribution in [1.82, 2.24) is 5.43 Å². The van der Waals surface area contributed by atoms with Gasteiger partial charge in [0.1, 0.15) is 11.3 Å². The number of nitro groups is 1. The average molecular weight is 352 g/mol. The summed E-state index contributed by atoms with van der Waals surface area (Å²) in [6.45, 7) is -3.14. The molecule has 0 fully saturated rings. The summed E-state index contributed by atoms with van der Waals surface area (Å²) in [5.74, 6) is -1.08. The number of hydrazone groups is 1. The molecule has 25 heavy (non-hydrogen) atoms. The highest BCUT2D eigenvalue weighted by Crippen LogP contribution is 2.24. The number of carbonyl (C=O) groups is 1. The normalized spacial score (nSPS) is 10.8. The molecule has 0 atom stereocenters. The van der Waals surface area contributed by atoms with Gasteiger partial charge in [-0.25, -0.2) is 5.43 Å². The van der Waals surface area contributed by atoms with E-state index in [-0.39, 0.29) is 22.6 Å². The number of alkyl halides is 2. The molecule has 0 saturated carbocycles. The Morgan fingerprint density at radius 2 is 2.16 bits per heavy atom. The second-order valence-corrected chi connectivity index (χ2v) is 4.51. The van der Waals surface area contributed by atoms with Crippen molar-refractivity contribution in [3.63, 3.8) is 0 Å². The second-order valence-electron chi connectivity index (χ2n) is 4.51. The highest BCUT2D eigenvalue weighted by molar-refractivity contribution is 5.94. The van der Waals surface area contributed by atoms with E-state index in [9.17, 15) is 28.9 Å². The molecule has 2 aromatic rings. The number of pyridine rings is 1.